The molecule has 2 heterocycles. The third-order valence-electron chi connectivity index (χ3n) is 5.66. The Balaban J connectivity index is 1.55. The highest BCUT2D eigenvalue weighted by Crippen LogP contribution is 2.32. The summed E-state index contributed by atoms with van der Waals surface area (Å²) in [6.07, 6.45) is 6.87. The Kier molecular flexibility index (Phi) is 4.32. The van der Waals surface area contributed by atoms with Crippen molar-refractivity contribution in [2.75, 3.05) is 26.2 Å². The molecule has 114 valence electrons. The van der Waals surface area contributed by atoms with Gasteiger partial charge in [0, 0.05) is 31.1 Å². The Labute approximate surface area is 122 Å². The van der Waals surface area contributed by atoms with E-state index < -0.39 is 0 Å². The second-order valence-corrected chi connectivity index (χ2v) is 7.13. The Morgan fingerprint density at radius 3 is 2.55 bits per heavy atom. The number of nitrogens with two attached hydrogens (primary N) is 1. The van der Waals surface area contributed by atoms with E-state index in [-0.39, 0.29) is 5.92 Å². The second-order valence-electron chi connectivity index (χ2n) is 7.13. The lowest BCUT2D eigenvalue weighted by molar-refractivity contribution is -0.137. The van der Waals surface area contributed by atoms with Crippen molar-refractivity contribution in [3.05, 3.63) is 0 Å². The van der Waals surface area contributed by atoms with Crippen LogP contribution in [0.25, 0.3) is 0 Å². The monoisotopic (exact) mass is 279 g/mol. The third-order valence-corrected chi connectivity index (χ3v) is 5.66. The fourth-order valence-electron chi connectivity index (χ4n) is 4.39. The van der Waals surface area contributed by atoms with Crippen LogP contribution in [0.2, 0.25) is 0 Å². The van der Waals surface area contributed by atoms with E-state index in [1.165, 1.54) is 32.4 Å². The number of hydrogen-bond acceptors (Lipinski definition) is 3. The molecule has 1 saturated carbocycles. The maximum absolute atomic E-state index is 12.7. The highest BCUT2D eigenvalue weighted by Gasteiger charge is 2.37. The van der Waals surface area contributed by atoms with E-state index in [0.717, 1.165) is 32.4 Å². The summed E-state index contributed by atoms with van der Waals surface area (Å²) < 4.78 is 0. The van der Waals surface area contributed by atoms with Crippen LogP contribution in [0.5, 0.6) is 0 Å². The molecule has 3 rings (SSSR count). The average Bonchev–Trinajstić information content (AvgIpc) is 3.09. The topological polar surface area (TPSA) is 49.6 Å². The molecule has 4 atom stereocenters. The highest BCUT2D eigenvalue weighted by atomic mass is 16.2. The second kappa shape index (κ2) is 6.02. The summed E-state index contributed by atoms with van der Waals surface area (Å²) in [5, 5.41) is 0. The molecule has 0 aromatic heterocycles. The normalized spacial score (nSPS) is 39.4. The van der Waals surface area contributed by atoms with Crippen LogP contribution >= 0.6 is 0 Å². The van der Waals surface area contributed by atoms with Crippen LogP contribution in [-0.2, 0) is 4.79 Å². The number of carbonyl (C=O) groups excluding carboxylic acids is 1. The number of likely N-dealkylation sites (tertiary alicyclic amines) is 2. The molecule has 1 aliphatic carbocycles. The first-order valence-corrected chi connectivity index (χ1v) is 8.43. The van der Waals surface area contributed by atoms with Gasteiger partial charge in [-0.05, 0) is 57.5 Å². The summed E-state index contributed by atoms with van der Waals surface area (Å²) in [6.45, 7) is 6.61. The van der Waals surface area contributed by atoms with E-state index in [4.69, 9.17) is 5.73 Å². The van der Waals surface area contributed by atoms with Crippen LogP contribution in [0, 0.1) is 11.8 Å². The first-order valence-electron chi connectivity index (χ1n) is 8.43. The molecule has 0 bridgehead atoms. The minimum atomic E-state index is 0.229. The average molecular weight is 279 g/mol. The molecule has 0 aromatic carbocycles. The predicted molar refractivity (Wildman–Crippen MR) is 80.3 cm³/mol. The lowest BCUT2D eigenvalue weighted by atomic mass is 9.77. The largest absolute Gasteiger partial charge is 0.341 e. The minimum absolute atomic E-state index is 0.229. The summed E-state index contributed by atoms with van der Waals surface area (Å²) in [5.74, 6) is 1.09. The summed E-state index contributed by atoms with van der Waals surface area (Å²) in [7, 11) is 0. The van der Waals surface area contributed by atoms with Gasteiger partial charge < -0.3 is 10.6 Å². The molecule has 3 fully saturated rings. The molecule has 4 heteroatoms. The SMILES string of the molecule is CC1CC(N)CCC1C(=O)N1CCC(N2CCCC2)C1. The summed E-state index contributed by atoms with van der Waals surface area (Å²) >= 11 is 0. The van der Waals surface area contributed by atoms with Crippen molar-refractivity contribution in [3.8, 4) is 0 Å². The van der Waals surface area contributed by atoms with Gasteiger partial charge in [0.25, 0.3) is 0 Å². The van der Waals surface area contributed by atoms with Gasteiger partial charge in [0.15, 0.2) is 0 Å². The Morgan fingerprint density at radius 2 is 1.85 bits per heavy atom. The van der Waals surface area contributed by atoms with Crippen molar-refractivity contribution in [1.82, 2.24) is 9.80 Å². The van der Waals surface area contributed by atoms with Gasteiger partial charge in [0.05, 0.1) is 0 Å². The summed E-state index contributed by atoms with van der Waals surface area (Å²) in [5.41, 5.74) is 6.01. The minimum Gasteiger partial charge on any atom is -0.341 e. The quantitative estimate of drug-likeness (QED) is 0.832. The van der Waals surface area contributed by atoms with Crippen LogP contribution in [-0.4, -0.2) is 54.0 Å². The van der Waals surface area contributed by atoms with Crippen LogP contribution in [0.3, 0.4) is 0 Å². The maximum Gasteiger partial charge on any atom is 0.226 e. The van der Waals surface area contributed by atoms with E-state index in [9.17, 15) is 4.79 Å². The van der Waals surface area contributed by atoms with Crippen molar-refractivity contribution in [3.63, 3.8) is 0 Å². The third kappa shape index (κ3) is 2.86. The van der Waals surface area contributed by atoms with Crippen molar-refractivity contribution in [1.29, 1.82) is 0 Å². The smallest absolute Gasteiger partial charge is 0.226 e. The van der Waals surface area contributed by atoms with Gasteiger partial charge in [-0.1, -0.05) is 6.92 Å². The zero-order valence-corrected chi connectivity index (χ0v) is 12.8. The van der Waals surface area contributed by atoms with Crippen LogP contribution in [0.15, 0.2) is 0 Å². The van der Waals surface area contributed by atoms with Crippen LogP contribution < -0.4 is 5.73 Å². The predicted octanol–water partition coefficient (Wildman–Crippen LogP) is 1.45. The molecule has 0 aromatic rings. The molecule has 0 spiro atoms. The molecule has 2 aliphatic heterocycles. The molecule has 4 unspecified atom stereocenters. The number of carbonyl (C=O) groups is 1. The van der Waals surface area contributed by atoms with E-state index in [2.05, 4.69) is 16.7 Å². The van der Waals surface area contributed by atoms with E-state index in [1.54, 1.807) is 0 Å². The standard InChI is InChI=1S/C16H29N3O/c1-12-10-13(17)4-5-15(12)16(20)19-9-6-14(11-19)18-7-2-3-8-18/h12-15H,2-11,17H2,1H3. The molecule has 2 saturated heterocycles. The molecular formula is C16H29N3O. The Bertz CT molecular complexity index is 354. The molecule has 0 radical (unpaired) electrons. The van der Waals surface area contributed by atoms with E-state index in [1.807, 2.05) is 0 Å². The van der Waals surface area contributed by atoms with E-state index in [0.29, 0.717) is 23.9 Å². The number of hydrogen-bond donors (Lipinski definition) is 1. The summed E-state index contributed by atoms with van der Waals surface area (Å²) in [6, 6.07) is 0.938. The first kappa shape index (κ1) is 14.3. The first-order chi connectivity index (χ1) is 9.65. The number of rotatable bonds is 2. The van der Waals surface area contributed by atoms with Crippen molar-refractivity contribution in [2.24, 2.45) is 17.6 Å². The lowest BCUT2D eigenvalue weighted by Crippen LogP contribution is -2.43. The maximum atomic E-state index is 12.7. The lowest BCUT2D eigenvalue weighted by Gasteiger charge is -2.34. The summed E-state index contributed by atoms with van der Waals surface area (Å²) in [4.78, 5) is 17.5. The molecule has 20 heavy (non-hydrogen) atoms. The van der Waals surface area contributed by atoms with Gasteiger partial charge >= 0.3 is 0 Å². The van der Waals surface area contributed by atoms with Gasteiger partial charge in [0.1, 0.15) is 0 Å². The molecular weight excluding hydrogens is 250 g/mol. The molecule has 2 N–H and O–H groups in total. The van der Waals surface area contributed by atoms with Crippen LogP contribution in [0.1, 0.15) is 45.4 Å². The van der Waals surface area contributed by atoms with Gasteiger partial charge in [0.2, 0.25) is 5.91 Å². The Hall–Kier alpha value is -0.610. The number of nitrogens with zero attached hydrogens (tertiary/aromatic N) is 2. The Morgan fingerprint density at radius 1 is 1.10 bits per heavy atom. The van der Waals surface area contributed by atoms with E-state index >= 15 is 0 Å². The van der Waals surface area contributed by atoms with Crippen molar-refractivity contribution >= 4 is 5.91 Å². The number of amides is 1. The van der Waals surface area contributed by atoms with Crippen LogP contribution in [0.4, 0.5) is 0 Å². The van der Waals surface area contributed by atoms with Gasteiger partial charge in [-0.25, -0.2) is 0 Å². The zero-order chi connectivity index (χ0) is 14.1. The molecule has 1 amide bonds. The molecule has 3 aliphatic rings. The van der Waals surface area contributed by atoms with Crippen molar-refractivity contribution < 1.29 is 4.79 Å². The van der Waals surface area contributed by atoms with Gasteiger partial charge in [-0.3, -0.25) is 9.69 Å². The van der Waals surface area contributed by atoms with Crippen molar-refractivity contribution in [2.45, 2.75) is 57.5 Å². The molecule has 4 nitrogen and oxygen atoms in total. The zero-order valence-electron chi connectivity index (χ0n) is 12.8. The van der Waals surface area contributed by atoms with Gasteiger partial charge in [-0.15, -0.1) is 0 Å². The fraction of sp³-hybridized carbons (Fsp3) is 0.938. The van der Waals surface area contributed by atoms with Gasteiger partial charge in [-0.2, -0.15) is 0 Å². The highest BCUT2D eigenvalue weighted by molar-refractivity contribution is 5.79. The fourth-order valence-corrected chi connectivity index (χ4v) is 4.39.